The van der Waals surface area contributed by atoms with Crippen molar-refractivity contribution in [2.75, 3.05) is 19.8 Å². The van der Waals surface area contributed by atoms with E-state index in [9.17, 15) is 61.3 Å². The molecule has 278 valence electrons. The van der Waals surface area contributed by atoms with E-state index in [0.29, 0.717) is 11.1 Å². The third kappa shape index (κ3) is 8.37. The van der Waals surface area contributed by atoms with Gasteiger partial charge in [-0.1, -0.05) is 24.3 Å². The molecule has 0 aromatic heterocycles. The second-order valence-electron chi connectivity index (χ2n) is 12.1. The number of phenolic OH excluding ortho intramolecular Hbond substituents is 1. The number of hydrogen-bond donors (Lipinski definition) is 12. The van der Waals surface area contributed by atoms with Gasteiger partial charge in [0.1, 0.15) is 90.5 Å². The fraction of sp³-hybridized carbons (Fsp3) is 0.562. The summed E-state index contributed by atoms with van der Waals surface area (Å²) in [5.41, 5.74) is 1.12. The Morgan fingerprint density at radius 1 is 0.500 bits per heavy atom. The standard InChI is InChI=1S/C32H42O18/c33-10-18-21(37)23(39)26(42)30(47-18)46-17-8-14(7-15(36)9-17)2-1-13-3-5-16(6-4-13)45-31-28(44)25(41)29(20(12-35)49-31)50-32-27(43)24(40)22(38)19(11-34)48-32/h1-9,18-44H,10-12H2/b2-1+. The second kappa shape index (κ2) is 16.5. The van der Waals surface area contributed by atoms with Gasteiger partial charge in [0.2, 0.25) is 12.6 Å². The zero-order chi connectivity index (χ0) is 36.3. The molecule has 0 amide bonds. The number of aliphatic hydroxyl groups excluding tert-OH is 11. The van der Waals surface area contributed by atoms with Gasteiger partial charge in [0.25, 0.3) is 0 Å². The summed E-state index contributed by atoms with van der Waals surface area (Å²) < 4.78 is 33.1. The topological polar surface area (TPSA) is 298 Å². The molecule has 2 aromatic rings. The van der Waals surface area contributed by atoms with Crippen LogP contribution in [0, 0.1) is 0 Å². The van der Waals surface area contributed by atoms with Crippen LogP contribution in [0.15, 0.2) is 42.5 Å². The largest absolute Gasteiger partial charge is 0.508 e. The molecule has 3 aliphatic heterocycles. The first-order valence-corrected chi connectivity index (χ1v) is 15.7. The predicted molar refractivity (Wildman–Crippen MR) is 165 cm³/mol. The number of ether oxygens (including phenoxy) is 6. The van der Waals surface area contributed by atoms with E-state index in [2.05, 4.69) is 0 Å². The highest BCUT2D eigenvalue weighted by Crippen LogP contribution is 2.31. The average Bonchev–Trinajstić information content (AvgIpc) is 3.11. The highest BCUT2D eigenvalue weighted by Gasteiger charge is 2.51. The fourth-order valence-electron chi connectivity index (χ4n) is 5.71. The van der Waals surface area contributed by atoms with Gasteiger partial charge in [0.05, 0.1) is 19.8 Å². The summed E-state index contributed by atoms with van der Waals surface area (Å²) in [6.45, 7) is -2.07. The van der Waals surface area contributed by atoms with Gasteiger partial charge in [-0.15, -0.1) is 0 Å². The predicted octanol–water partition coefficient (Wildman–Crippen LogP) is -4.26. The lowest BCUT2D eigenvalue weighted by molar-refractivity contribution is -0.352. The lowest BCUT2D eigenvalue weighted by Crippen LogP contribution is -2.65. The molecule has 18 nitrogen and oxygen atoms in total. The normalized spacial score (nSPS) is 39.4. The van der Waals surface area contributed by atoms with Crippen LogP contribution in [0.25, 0.3) is 12.2 Å². The minimum Gasteiger partial charge on any atom is -0.508 e. The molecule has 18 heteroatoms. The highest BCUT2D eigenvalue weighted by atomic mass is 16.7. The van der Waals surface area contributed by atoms with Gasteiger partial charge in [-0.25, -0.2) is 0 Å². The van der Waals surface area contributed by atoms with Gasteiger partial charge in [0.15, 0.2) is 6.29 Å². The average molecular weight is 715 g/mol. The van der Waals surface area contributed by atoms with Crippen molar-refractivity contribution in [3.8, 4) is 17.2 Å². The van der Waals surface area contributed by atoms with Crippen molar-refractivity contribution < 1.29 is 89.7 Å². The maximum absolute atomic E-state index is 10.8. The summed E-state index contributed by atoms with van der Waals surface area (Å²) in [7, 11) is 0. The summed E-state index contributed by atoms with van der Waals surface area (Å²) in [5, 5.41) is 121. The summed E-state index contributed by atoms with van der Waals surface area (Å²) in [5.74, 6) is 0.0784. The Balaban J connectivity index is 1.20. The lowest BCUT2D eigenvalue weighted by Gasteiger charge is -2.45. The van der Waals surface area contributed by atoms with Crippen LogP contribution < -0.4 is 9.47 Å². The number of benzene rings is 2. The first kappa shape index (κ1) is 38.2. The molecular weight excluding hydrogens is 672 g/mol. The molecule has 15 atom stereocenters. The van der Waals surface area contributed by atoms with E-state index >= 15 is 0 Å². The first-order valence-electron chi connectivity index (χ1n) is 15.7. The summed E-state index contributed by atoms with van der Waals surface area (Å²) in [6.07, 6.45) is -20.0. The molecule has 0 bridgehead atoms. The summed E-state index contributed by atoms with van der Waals surface area (Å²) in [4.78, 5) is 0. The molecule has 0 aliphatic carbocycles. The Kier molecular flexibility index (Phi) is 12.6. The molecule has 2 aromatic carbocycles. The zero-order valence-corrected chi connectivity index (χ0v) is 26.3. The number of rotatable bonds is 11. The van der Waals surface area contributed by atoms with Gasteiger partial charge in [-0.3, -0.25) is 0 Å². The van der Waals surface area contributed by atoms with Crippen LogP contribution in [0.5, 0.6) is 17.2 Å². The molecule has 0 saturated carbocycles. The van der Waals surface area contributed by atoms with E-state index in [-0.39, 0.29) is 17.2 Å². The number of hydrogen-bond acceptors (Lipinski definition) is 18. The first-order chi connectivity index (χ1) is 23.8. The minimum atomic E-state index is -1.79. The quantitative estimate of drug-likeness (QED) is 0.0981. The van der Waals surface area contributed by atoms with Crippen molar-refractivity contribution in [3.63, 3.8) is 0 Å². The maximum atomic E-state index is 10.8. The van der Waals surface area contributed by atoms with Gasteiger partial charge < -0.3 is 89.7 Å². The molecule has 3 aliphatic rings. The number of aliphatic hydroxyl groups is 11. The van der Waals surface area contributed by atoms with E-state index < -0.39 is 112 Å². The smallest absolute Gasteiger partial charge is 0.229 e. The van der Waals surface area contributed by atoms with Crippen LogP contribution in [0.1, 0.15) is 11.1 Å². The summed E-state index contributed by atoms with van der Waals surface area (Å²) in [6, 6.07) is 10.5. The van der Waals surface area contributed by atoms with Crippen molar-refractivity contribution in [1.29, 1.82) is 0 Å². The van der Waals surface area contributed by atoms with Crippen LogP contribution >= 0.6 is 0 Å². The zero-order valence-electron chi connectivity index (χ0n) is 26.3. The lowest BCUT2D eigenvalue weighted by atomic mass is 9.97. The van der Waals surface area contributed by atoms with E-state index in [1.807, 2.05) is 0 Å². The monoisotopic (exact) mass is 714 g/mol. The second-order valence-corrected chi connectivity index (χ2v) is 12.1. The third-order valence-electron chi connectivity index (χ3n) is 8.58. The Bertz CT molecular complexity index is 1400. The molecule has 15 unspecified atom stereocenters. The van der Waals surface area contributed by atoms with E-state index in [1.54, 1.807) is 24.3 Å². The van der Waals surface area contributed by atoms with Crippen molar-refractivity contribution in [1.82, 2.24) is 0 Å². The van der Waals surface area contributed by atoms with Crippen LogP contribution in [0.3, 0.4) is 0 Å². The van der Waals surface area contributed by atoms with Gasteiger partial charge in [-0.2, -0.15) is 0 Å². The highest BCUT2D eigenvalue weighted by molar-refractivity contribution is 5.71. The Morgan fingerprint density at radius 2 is 0.980 bits per heavy atom. The Labute approximate surface area is 284 Å². The van der Waals surface area contributed by atoms with E-state index in [1.165, 1.54) is 30.3 Å². The molecule has 50 heavy (non-hydrogen) atoms. The van der Waals surface area contributed by atoms with Crippen molar-refractivity contribution in [2.24, 2.45) is 0 Å². The van der Waals surface area contributed by atoms with Crippen LogP contribution in [-0.2, 0) is 18.9 Å². The van der Waals surface area contributed by atoms with Crippen molar-refractivity contribution in [2.45, 2.75) is 92.1 Å². The molecule has 3 saturated heterocycles. The SMILES string of the molecule is OCC1OC(Oc2cc(O)cc(/C=C/c3ccc(OC4OC(CO)C(OC5OC(CO)C(O)C(O)C5O)C(O)C4O)cc3)c2)C(O)C(O)C1O. The van der Waals surface area contributed by atoms with Gasteiger partial charge >= 0.3 is 0 Å². The van der Waals surface area contributed by atoms with E-state index in [0.717, 1.165) is 0 Å². The number of phenols is 1. The fourth-order valence-corrected chi connectivity index (χ4v) is 5.71. The van der Waals surface area contributed by atoms with Crippen molar-refractivity contribution in [3.05, 3.63) is 53.6 Å². The Morgan fingerprint density at radius 3 is 1.56 bits per heavy atom. The number of aromatic hydroxyl groups is 1. The summed E-state index contributed by atoms with van der Waals surface area (Å²) >= 11 is 0. The minimum absolute atomic E-state index is 0.0629. The van der Waals surface area contributed by atoms with Gasteiger partial charge in [-0.05, 0) is 35.4 Å². The molecule has 0 radical (unpaired) electrons. The van der Waals surface area contributed by atoms with Crippen molar-refractivity contribution >= 4 is 12.2 Å². The third-order valence-corrected chi connectivity index (χ3v) is 8.58. The molecule has 0 spiro atoms. The van der Waals surface area contributed by atoms with Crippen LogP contribution in [0.4, 0.5) is 0 Å². The molecule has 3 fully saturated rings. The molecule has 5 rings (SSSR count). The Hall–Kier alpha value is -3.02. The molecular formula is C32H42O18. The van der Waals surface area contributed by atoms with E-state index in [4.69, 9.17) is 28.4 Å². The molecule has 3 heterocycles. The molecule has 12 N–H and O–H groups in total. The van der Waals surface area contributed by atoms with Crippen LogP contribution in [0.2, 0.25) is 0 Å². The maximum Gasteiger partial charge on any atom is 0.229 e. The van der Waals surface area contributed by atoms with Crippen LogP contribution in [-0.4, -0.2) is 173 Å². The van der Waals surface area contributed by atoms with Gasteiger partial charge in [0, 0.05) is 6.07 Å².